The maximum atomic E-state index is 12.4. The number of hydrogen-bond acceptors (Lipinski definition) is 5. The van der Waals surface area contributed by atoms with Crippen LogP contribution in [0.25, 0.3) is 0 Å². The molecule has 0 aliphatic carbocycles. The average Bonchev–Trinajstić information content (AvgIpc) is 3.00. The number of benzene rings is 1. The predicted octanol–water partition coefficient (Wildman–Crippen LogP) is 3.62. The van der Waals surface area contributed by atoms with Gasteiger partial charge >= 0.3 is 0 Å². The van der Waals surface area contributed by atoms with Crippen LogP contribution in [0.4, 0.5) is 5.69 Å². The van der Waals surface area contributed by atoms with Crippen LogP contribution in [-0.4, -0.2) is 34.5 Å². The highest BCUT2D eigenvalue weighted by atomic mass is 16.5. The van der Waals surface area contributed by atoms with Crippen molar-refractivity contribution in [2.24, 2.45) is 0 Å². The van der Waals surface area contributed by atoms with E-state index in [1.54, 1.807) is 0 Å². The molecule has 0 unspecified atom stereocenters. The molecule has 1 aromatic carbocycles. The smallest absolute Gasteiger partial charge is 0.243 e. The number of rotatable bonds is 5. The van der Waals surface area contributed by atoms with E-state index in [0.717, 1.165) is 16.8 Å². The fourth-order valence-corrected chi connectivity index (χ4v) is 2.45. The van der Waals surface area contributed by atoms with Crippen LogP contribution in [0.15, 0.2) is 22.7 Å². The Morgan fingerprint density at radius 3 is 2.40 bits per heavy atom. The molecule has 1 atom stereocenters. The molecule has 1 N–H and O–H groups in total. The maximum Gasteiger partial charge on any atom is 0.243 e. The number of nitrogens with zero attached hydrogens (tertiary/aromatic N) is 3. The summed E-state index contributed by atoms with van der Waals surface area (Å²) in [5.41, 5.74) is 2.81. The van der Waals surface area contributed by atoms with Gasteiger partial charge in [-0.25, -0.2) is 0 Å². The van der Waals surface area contributed by atoms with Crippen LogP contribution in [0.1, 0.15) is 56.6 Å². The normalized spacial score (nSPS) is 13.1. The quantitative estimate of drug-likeness (QED) is 0.897. The summed E-state index contributed by atoms with van der Waals surface area (Å²) >= 11 is 0. The molecule has 0 saturated carbocycles. The van der Waals surface area contributed by atoms with Gasteiger partial charge in [-0.1, -0.05) is 44.1 Å². The van der Waals surface area contributed by atoms with Crippen molar-refractivity contribution in [2.75, 3.05) is 18.9 Å². The second kappa shape index (κ2) is 7.35. The van der Waals surface area contributed by atoms with Crippen molar-refractivity contribution in [2.45, 2.75) is 53.0 Å². The summed E-state index contributed by atoms with van der Waals surface area (Å²) in [4.78, 5) is 18.8. The van der Waals surface area contributed by atoms with Crippen molar-refractivity contribution >= 4 is 11.6 Å². The van der Waals surface area contributed by atoms with Crippen LogP contribution in [0.5, 0.6) is 0 Å². The lowest BCUT2D eigenvalue weighted by molar-refractivity contribution is -0.117. The van der Waals surface area contributed by atoms with Gasteiger partial charge in [-0.3, -0.25) is 9.69 Å². The van der Waals surface area contributed by atoms with Crippen LogP contribution in [-0.2, 0) is 10.2 Å². The van der Waals surface area contributed by atoms with E-state index in [0.29, 0.717) is 11.7 Å². The van der Waals surface area contributed by atoms with E-state index in [4.69, 9.17) is 4.52 Å². The molecule has 0 fully saturated rings. The van der Waals surface area contributed by atoms with Gasteiger partial charge < -0.3 is 9.84 Å². The predicted molar refractivity (Wildman–Crippen MR) is 98.6 cm³/mol. The molecular weight excluding hydrogens is 316 g/mol. The average molecular weight is 344 g/mol. The first-order chi connectivity index (χ1) is 11.6. The minimum atomic E-state index is -0.167. The molecule has 6 heteroatoms. The second-order valence-corrected chi connectivity index (χ2v) is 7.61. The Labute approximate surface area is 149 Å². The number of carbonyl (C=O) groups excluding carboxylic acids is 1. The highest BCUT2D eigenvalue weighted by Gasteiger charge is 2.25. The van der Waals surface area contributed by atoms with Crippen molar-refractivity contribution in [3.63, 3.8) is 0 Å². The van der Waals surface area contributed by atoms with E-state index < -0.39 is 0 Å². The summed E-state index contributed by atoms with van der Waals surface area (Å²) in [5.74, 6) is 1.12. The zero-order valence-corrected chi connectivity index (χ0v) is 16.2. The third kappa shape index (κ3) is 4.66. The molecule has 2 aromatic rings. The van der Waals surface area contributed by atoms with Crippen LogP contribution in [0.3, 0.4) is 0 Å². The van der Waals surface area contributed by atoms with Gasteiger partial charge in [0.1, 0.15) is 0 Å². The van der Waals surface area contributed by atoms with Gasteiger partial charge in [0.2, 0.25) is 11.8 Å². The van der Waals surface area contributed by atoms with Gasteiger partial charge in [-0.15, -0.1) is 0 Å². The first-order valence-electron chi connectivity index (χ1n) is 8.50. The number of para-hydroxylation sites is 1. The number of hydrogen-bond donors (Lipinski definition) is 1. The number of anilines is 1. The van der Waals surface area contributed by atoms with Crippen LogP contribution in [0, 0.1) is 13.8 Å². The van der Waals surface area contributed by atoms with E-state index in [2.05, 4.69) is 15.5 Å². The Balaban J connectivity index is 2.02. The molecule has 0 aliphatic rings. The van der Waals surface area contributed by atoms with E-state index in [1.807, 2.05) is 71.7 Å². The van der Waals surface area contributed by atoms with Crippen molar-refractivity contribution in [1.29, 1.82) is 0 Å². The Bertz CT molecular complexity index is 726. The van der Waals surface area contributed by atoms with Gasteiger partial charge in [-0.05, 0) is 38.9 Å². The van der Waals surface area contributed by atoms with Crippen LogP contribution >= 0.6 is 0 Å². The van der Waals surface area contributed by atoms with Crippen LogP contribution in [0.2, 0.25) is 0 Å². The van der Waals surface area contributed by atoms with Gasteiger partial charge in [0.15, 0.2) is 5.82 Å². The minimum absolute atomic E-state index is 0.0673. The summed E-state index contributed by atoms with van der Waals surface area (Å²) in [6.45, 7) is 12.3. The topological polar surface area (TPSA) is 71.3 Å². The van der Waals surface area contributed by atoms with E-state index in [9.17, 15) is 4.79 Å². The molecule has 2 rings (SSSR count). The minimum Gasteiger partial charge on any atom is -0.338 e. The van der Waals surface area contributed by atoms with Crippen molar-refractivity contribution in [3.8, 4) is 0 Å². The molecule has 0 radical (unpaired) electrons. The summed E-state index contributed by atoms with van der Waals surface area (Å²) in [7, 11) is 1.87. The number of aryl methyl sites for hydroxylation is 2. The molecule has 1 aromatic heterocycles. The molecule has 0 spiro atoms. The molecular formula is C19H28N4O2. The van der Waals surface area contributed by atoms with E-state index >= 15 is 0 Å². The van der Waals surface area contributed by atoms with E-state index in [1.165, 1.54) is 0 Å². The molecule has 0 saturated heterocycles. The summed E-state index contributed by atoms with van der Waals surface area (Å²) in [6, 6.07) is 5.81. The zero-order valence-electron chi connectivity index (χ0n) is 16.2. The fourth-order valence-electron chi connectivity index (χ4n) is 2.45. The second-order valence-electron chi connectivity index (χ2n) is 7.61. The monoisotopic (exact) mass is 344 g/mol. The lowest BCUT2D eigenvalue weighted by Crippen LogP contribution is -2.32. The molecule has 25 heavy (non-hydrogen) atoms. The molecule has 136 valence electrons. The highest BCUT2D eigenvalue weighted by Crippen LogP contribution is 2.23. The molecule has 0 bridgehead atoms. The molecule has 6 nitrogen and oxygen atoms in total. The number of aromatic nitrogens is 2. The van der Waals surface area contributed by atoms with Crippen molar-refractivity contribution < 1.29 is 9.32 Å². The summed E-state index contributed by atoms with van der Waals surface area (Å²) < 4.78 is 5.38. The van der Waals surface area contributed by atoms with Crippen molar-refractivity contribution in [3.05, 3.63) is 41.0 Å². The van der Waals surface area contributed by atoms with Gasteiger partial charge in [0, 0.05) is 11.1 Å². The van der Waals surface area contributed by atoms with Crippen LogP contribution < -0.4 is 5.32 Å². The summed E-state index contributed by atoms with van der Waals surface area (Å²) in [6.07, 6.45) is 0. The number of amides is 1. The summed E-state index contributed by atoms with van der Waals surface area (Å²) in [5, 5.41) is 7.05. The third-order valence-electron chi connectivity index (χ3n) is 4.27. The lowest BCUT2D eigenvalue weighted by atomic mass is 9.96. The lowest BCUT2D eigenvalue weighted by Gasteiger charge is -2.21. The number of nitrogens with one attached hydrogen (secondary N) is 1. The van der Waals surface area contributed by atoms with Gasteiger partial charge in [0.05, 0.1) is 12.6 Å². The standard InChI is InChI=1S/C19H28N4O2/c1-12-9-8-10-13(2)16(12)20-15(24)11-23(7)14(3)17-21-18(22-25-17)19(4,5)6/h8-10,14H,11H2,1-7H3,(H,20,24)/t14-/m0/s1. The number of carbonyl (C=O) groups is 1. The van der Waals surface area contributed by atoms with Gasteiger partial charge in [-0.2, -0.15) is 4.98 Å². The van der Waals surface area contributed by atoms with Gasteiger partial charge in [0.25, 0.3) is 0 Å². The van der Waals surface area contributed by atoms with Crippen molar-refractivity contribution in [1.82, 2.24) is 15.0 Å². The third-order valence-corrected chi connectivity index (χ3v) is 4.27. The largest absolute Gasteiger partial charge is 0.338 e. The molecule has 1 amide bonds. The Hall–Kier alpha value is -2.21. The Kier molecular flexibility index (Phi) is 5.62. The molecule has 0 aliphatic heterocycles. The first kappa shape index (κ1) is 19.1. The first-order valence-corrected chi connectivity index (χ1v) is 8.50. The molecule has 1 heterocycles. The highest BCUT2D eigenvalue weighted by molar-refractivity contribution is 5.93. The van der Waals surface area contributed by atoms with E-state index in [-0.39, 0.29) is 23.9 Å². The maximum absolute atomic E-state index is 12.4. The SMILES string of the molecule is Cc1cccc(C)c1NC(=O)CN(C)[C@@H](C)c1nc(C(C)(C)C)no1. The Morgan fingerprint density at radius 1 is 1.28 bits per heavy atom. The zero-order chi connectivity index (χ0) is 18.8. The Morgan fingerprint density at radius 2 is 1.88 bits per heavy atom. The fraction of sp³-hybridized carbons (Fsp3) is 0.526. The number of likely N-dealkylation sites (N-methyl/N-ethyl adjacent to an activating group) is 1.